The average molecular weight is 311 g/mol. The van der Waals surface area contributed by atoms with E-state index in [1.165, 1.54) is 4.88 Å². The van der Waals surface area contributed by atoms with Gasteiger partial charge in [-0.1, -0.05) is 11.6 Å². The Morgan fingerprint density at radius 3 is 2.75 bits per heavy atom. The number of aliphatic hydroxyl groups is 1. The minimum absolute atomic E-state index is 0.477. The van der Waals surface area contributed by atoms with Gasteiger partial charge >= 0.3 is 0 Å². The van der Waals surface area contributed by atoms with E-state index in [0.29, 0.717) is 29.7 Å². The molecule has 0 saturated carbocycles. The maximum atomic E-state index is 10.5. The van der Waals surface area contributed by atoms with Crippen LogP contribution in [-0.4, -0.2) is 18.3 Å². The summed E-state index contributed by atoms with van der Waals surface area (Å²) in [4.78, 5) is 1.17. The van der Waals surface area contributed by atoms with Crippen LogP contribution in [0.2, 0.25) is 5.02 Å². The summed E-state index contributed by atoms with van der Waals surface area (Å²) in [7, 11) is 0. The van der Waals surface area contributed by atoms with Gasteiger partial charge in [0.1, 0.15) is 6.10 Å². The first-order valence-electron chi connectivity index (χ1n) is 6.47. The van der Waals surface area contributed by atoms with Crippen molar-refractivity contribution in [3.05, 3.63) is 44.6 Å². The lowest BCUT2D eigenvalue weighted by Crippen LogP contribution is -2.00. The lowest BCUT2D eigenvalue weighted by atomic mass is 10.0. The molecule has 3 nitrogen and oxygen atoms in total. The van der Waals surface area contributed by atoms with Crippen LogP contribution in [0.3, 0.4) is 0 Å². The molecule has 1 aliphatic heterocycles. The minimum atomic E-state index is -0.699. The van der Waals surface area contributed by atoms with Gasteiger partial charge in [-0.3, -0.25) is 0 Å². The fourth-order valence-electron chi connectivity index (χ4n) is 2.21. The fraction of sp³-hybridized carbons (Fsp3) is 0.333. The molecule has 1 aromatic carbocycles. The maximum Gasteiger partial charge on any atom is 0.179 e. The molecule has 0 saturated heterocycles. The molecule has 3 rings (SSSR count). The topological polar surface area (TPSA) is 38.7 Å². The Kier molecular flexibility index (Phi) is 3.87. The first-order chi connectivity index (χ1) is 9.65. The van der Waals surface area contributed by atoms with Crippen LogP contribution in [0.5, 0.6) is 11.5 Å². The smallest absolute Gasteiger partial charge is 0.179 e. The summed E-state index contributed by atoms with van der Waals surface area (Å²) in [5.74, 6) is 1.18. The molecule has 1 aliphatic rings. The maximum absolute atomic E-state index is 10.5. The number of hydrogen-bond donors (Lipinski definition) is 1. The van der Waals surface area contributed by atoms with Crippen LogP contribution in [-0.2, 0) is 0 Å². The van der Waals surface area contributed by atoms with Gasteiger partial charge in [0.05, 0.1) is 18.2 Å². The standard InChI is InChI=1S/C15H15ClO3S/c1-9-5-11(8-20-9)14(17)10-6-12(16)15-13(7-10)18-3-2-4-19-15/h5-8,14,17H,2-4H2,1H3. The Morgan fingerprint density at radius 2 is 2.00 bits per heavy atom. The number of aliphatic hydroxyl groups excluding tert-OH is 1. The third-order valence-electron chi connectivity index (χ3n) is 3.21. The van der Waals surface area contributed by atoms with Crippen LogP contribution >= 0.6 is 22.9 Å². The van der Waals surface area contributed by atoms with E-state index in [0.717, 1.165) is 17.5 Å². The Labute approximate surface area is 126 Å². The fourth-order valence-corrected chi connectivity index (χ4v) is 3.20. The van der Waals surface area contributed by atoms with Crippen LogP contribution in [0, 0.1) is 6.92 Å². The minimum Gasteiger partial charge on any atom is -0.489 e. The summed E-state index contributed by atoms with van der Waals surface area (Å²) < 4.78 is 11.2. The molecule has 1 atom stereocenters. The first-order valence-corrected chi connectivity index (χ1v) is 7.73. The Morgan fingerprint density at radius 1 is 1.20 bits per heavy atom. The SMILES string of the molecule is Cc1cc(C(O)c2cc(Cl)c3c(c2)OCCCO3)cs1. The van der Waals surface area contributed by atoms with Gasteiger partial charge in [0, 0.05) is 11.3 Å². The third kappa shape index (κ3) is 2.64. The van der Waals surface area contributed by atoms with Crippen LogP contribution in [0.4, 0.5) is 0 Å². The number of aryl methyl sites for hydroxylation is 1. The number of benzene rings is 1. The lowest BCUT2D eigenvalue weighted by Gasteiger charge is -2.14. The molecule has 0 amide bonds. The number of fused-ring (bicyclic) bond motifs is 1. The highest BCUT2D eigenvalue weighted by atomic mass is 35.5. The van der Waals surface area contributed by atoms with Crippen molar-refractivity contribution in [3.63, 3.8) is 0 Å². The van der Waals surface area contributed by atoms with E-state index >= 15 is 0 Å². The molecule has 5 heteroatoms. The van der Waals surface area contributed by atoms with Crippen molar-refractivity contribution in [1.82, 2.24) is 0 Å². The van der Waals surface area contributed by atoms with Crippen LogP contribution in [0.25, 0.3) is 0 Å². The Balaban J connectivity index is 1.98. The molecule has 0 radical (unpaired) electrons. The summed E-state index contributed by atoms with van der Waals surface area (Å²) in [6.07, 6.45) is 0.127. The summed E-state index contributed by atoms with van der Waals surface area (Å²) in [6.45, 7) is 3.21. The molecular weight excluding hydrogens is 296 g/mol. The molecule has 106 valence electrons. The van der Waals surface area contributed by atoms with Crippen molar-refractivity contribution in [2.45, 2.75) is 19.4 Å². The summed E-state index contributed by atoms with van der Waals surface area (Å²) in [5.41, 5.74) is 1.59. The highest BCUT2D eigenvalue weighted by molar-refractivity contribution is 7.10. The first kappa shape index (κ1) is 13.7. The van der Waals surface area contributed by atoms with Gasteiger partial charge in [0.15, 0.2) is 11.5 Å². The van der Waals surface area contributed by atoms with Crippen LogP contribution < -0.4 is 9.47 Å². The molecule has 2 heterocycles. The molecule has 1 aromatic heterocycles. The van der Waals surface area contributed by atoms with Gasteiger partial charge in [-0.05, 0) is 41.6 Å². The predicted molar refractivity (Wildman–Crippen MR) is 80.2 cm³/mol. The van der Waals surface area contributed by atoms with E-state index in [-0.39, 0.29) is 0 Å². The molecule has 20 heavy (non-hydrogen) atoms. The number of halogens is 1. The van der Waals surface area contributed by atoms with E-state index < -0.39 is 6.10 Å². The third-order valence-corrected chi connectivity index (χ3v) is 4.37. The summed E-state index contributed by atoms with van der Waals surface area (Å²) in [6, 6.07) is 5.53. The zero-order chi connectivity index (χ0) is 14.1. The number of rotatable bonds is 2. The second-order valence-corrected chi connectivity index (χ2v) is 6.30. The lowest BCUT2D eigenvalue weighted by molar-refractivity contribution is 0.220. The van der Waals surface area contributed by atoms with Gasteiger partial charge < -0.3 is 14.6 Å². The number of thiophene rings is 1. The van der Waals surface area contributed by atoms with Crippen molar-refractivity contribution < 1.29 is 14.6 Å². The van der Waals surface area contributed by atoms with Crippen LogP contribution in [0.1, 0.15) is 28.5 Å². The average Bonchev–Trinajstić information content (AvgIpc) is 2.72. The quantitative estimate of drug-likeness (QED) is 0.912. The summed E-state index contributed by atoms with van der Waals surface area (Å²) in [5, 5.41) is 12.9. The molecule has 0 bridgehead atoms. The van der Waals surface area contributed by atoms with E-state index in [1.807, 2.05) is 24.4 Å². The molecule has 0 spiro atoms. The molecule has 1 N–H and O–H groups in total. The summed E-state index contributed by atoms with van der Waals surface area (Å²) >= 11 is 7.86. The highest BCUT2D eigenvalue weighted by Gasteiger charge is 2.20. The molecule has 0 aliphatic carbocycles. The van der Waals surface area contributed by atoms with Gasteiger partial charge in [0.2, 0.25) is 0 Å². The second kappa shape index (κ2) is 5.64. The van der Waals surface area contributed by atoms with E-state index in [1.54, 1.807) is 17.4 Å². The molecule has 1 unspecified atom stereocenters. The van der Waals surface area contributed by atoms with Crippen molar-refractivity contribution in [3.8, 4) is 11.5 Å². The largest absolute Gasteiger partial charge is 0.489 e. The van der Waals surface area contributed by atoms with Gasteiger partial charge in [-0.2, -0.15) is 0 Å². The van der Waals surface area contributed by atoms with E-state index in [2.05, 4.69) is 0 Å². The van der Waals surface area contributed by atoms with Crippen molar-refractivity contribution in [2.75, 3.05) is 13.2 Å². The zero-order valence-corrected chi connectivity index (χ0v) is 12.6. The Hall–Kier alpha value is -1.23. The van der Waals surface area contributed by atoms with Crippen LogP contribution in [0.15, 0.2) is 23.6 Å². The van der Waals surface area contributed by atoms with E-state index in [4.69, 9.17) is 21.1 Å². The van der Waals surface area contributed by atoms with E-state index in [9.17, 15) is 5.11 Å². The molecule has 0 fully saturated rings. The van der Waals surface area contributed by atoms with Gasteiger partial charge in [0.25, 0.3) is 0 Å². The van der Waals surface area contributed by atoms with Gasteiger partial charge in [-0.15, -0.1) is 11.3 Å². The number of ether oxygens (including phenoxy) is 2. The number of hydrogen-bond acceptors (Lipinski definition) is 4. The predicted octanol–water partition coefficient (Wildman–Crippen LogP) is 3.95. The second-order valence-electron chi connectivity index (χ2n) is 4.77. The Bertz CT molecular complexity index is 624. The van der Waals surface area contributed by atoms with Crippen molar-refractivity contribution in [2.24, 2.45) is 0 Å². The van der Waals surface area contributed by atoms with Crippen molar-refractivity contribution in [1.29, 1.82) is 0 Å². The molecular formula is C15H15ClO3S. The van der Waals surface area contributed by atoms with Crippen molar-refractivity contribution >= 4 is 22.9 Å². The van der Waals surface area contributed by atoms with Gasteiger partial charge in [-0.25, -0.2) is 0 Å². The monoisotopic (exact) mass is 310 g/mol. The highest BCUT2D eigenvalue weighted by Crippen LogP contribution is 2.40. The normalized spacial score (nSPS) is 15.8. The molecule has 2 aromatic rings. The zero-order valence-electron chi connectivity index (χ0n) is 11.1.